The van der Waals surface area contributed by atoms with Crippen molar-refractivity contribution >= 4 is 29.5 Å². The van der Waals surface area contributed by atoms with Crippen LogP contribution < -0.4 is 5.48 Å². The van der Waals surface area contributed by atoms with Gasteiger partial charge in [-0.15, -0.1) is 5.10 Å². The van der Waals surface area contributed by atoms with Gasteiger partial charge in [0.15, 0.2) is 23.3 Å². The average molecular weight is 1190 g/mol. The number of ketones is 1. The first kappa shape index (κ1) is 64.8. The smallest absolute Gasteiger partial charge is 0.410 e. The van der Waals surface area contributed by atoms with Crippen LogP contribution in [0.25, 0.3) is 11.3 Å². The molecule has 468 valence electrons. The molecule has 0 unspecified atom stereocenters. The van der Waals surface area contributed by atoms with Crippen LogP contribution in [0.1, 0.15) is 142 Å². The Bertz CT molecular complexity index is 3010. The molecule has 4 aliphatic rings. The van der Waals surface area contributed by atoms with E-state index in [1.807, 2.05) is 156 Å². The average Bonchev–Trinajstić information content (AvgIpc) is 1.84. The van der Waals surface area contributed by atoms with Crippen molar-refractivity contribution in [3.8, 4) is 11.3 Å². The van der Waals surface area contributed by atoms with Crippen molar-refractivity contribution in [1.82, 2.24) is 30.3 Å². The molecule has 5 heterocycles. The normalized spacial score (nSPS) is 29.0. The first-order valence-corrected chi connectivity index (χ1v) is 31.5. The zero-order valence-corrected chi connectivity index (χ0v) is 52.5. The van der Waals surface area contributed by atoms with Gasteiger partial charge in [-0.05, 0) is 95.0 Å². The number of aliphatic hydroxyl groups is 1. The number of aliphatic hydroxyl groups excluding tert-OH is 1. The van der Waals surface area contributed by atoms with E-state index < -0.39 is 77.1 Å². The SMILES string of the molecule is CC[C@H]1OC(=O)[C@H](C)C(=O)[C@H](C)[C@@H](O[C@@H]2O[C@H](C)C[C@H](N(C)Cc3ccc(-c4cn(CCCCCCCCC(=O)NOC(c5ccccc5)(c5ccccc5)c5ccccc5)nn4)cc3)[C@H]2O)[C@](C)(OC)C[C@@H](C)C2=NCCN3C(=O)O[C@@]1(C)[C@H]3[C@H]2C. The summed E-state index contributed by atoms with van der Waals surface area (Å²) in [5.41, 5.74) is 5.84. The van der Waals surface area contributed by atoms with Crippen molar-refractivity contribution in [3.05, 3.63) is 144 Å². The van der Waals surface area contributed by atoms with E-state index in [2.05, 4.69) is 39.7 Å². The Balaban J connectivity index is 0.762. The zero-order valence-electron chi connectivity index (χ0n) is 52.5. The number of esters is 1. The number of aliphatic imine (C=N–C) groups is 1. The number of rotatable bonds is 22. The van der Waals surface area contributed by atoms with Gasteiger partial charge in [-0.3, -0.25) is 38.7 Å². The maximum atomic E-state index is 14.6. The third-order valence-electron chi connectivity index (χ3n) is 18.9. The number of ether oxygens (including phenoxy) is 5. The molecule has 3 fully saturated rings. The molecule has 0 saturated carbocycles. The zero-order chi connectivity index (χ0) is 62.0. The summed E-state index contributed by atoms with van der Waals surface area (Å²) in [6.07, 6.45) is 4.50. The molecule has 4 aliphatic heterocycles. The maximum absolute atomic E-state index is 14.6. The monoisotopic (exact) mass is 1190 g/mol. The molecule has 9 rings (SSSR count). The van der Waals surface area contributed by atoms with Gasteiger partial charge in [-0.1, -0.05) is 174 Å². The Kier molecular flexibility index (Phi) is 21.3. The van der Waals surface area contributed by atoms with Crippen LogP contribution in [0.2, 0.25) is 0 Å². The lowest BCUT2D eigenvalue weighted by Gasteiger charge is -2.47. The molecule has 4 aromatic carbocycles. The molecule has 0 aliphatic carbocycles. The number of hydrogen-bond acceptors (Lipinski definition) is 15. The number of aromatic nitrogens is 3. The summed E-state index contributed by atoms with van der Waals surface area (Å²) in [5, 5.41) is 21.2. The van der Waals surface area contributed by atoms with Crippen molar-refractivity contribution < 1.29 is 52.8 Å². The van der Waals surface area contributed by atoms with E-state index in [4.69, 9.17) is 33.5 Å². The Morgan fingerprint density at radius 2 is 1.44 bits per heavy atom. The van der Waals surface area contributed by atoms with Crippen molar-refractivity contribution in [2.75, 3.05) is 27.2 Å². The number of nitrogens with one attached hydrogen (secondary N) is 1. The van der Waals surface area contributed by atoms with Crippen molar-refractivity contribution in [1.29, 1.82) is 0 Å². The third-order valence-corrected chi connectivity index (χ3v) is 18.9. The lowest BCUT2D eigenvalue weighted by Crippen LogP contribution is -2.60. The molecule has 0 radical (unpaired) electrons. The molecule has 3 saturated heterocycles. The summed E-state index contributed by atoms with van der Waals surface area (Å²) in [4.78, 5) is 70.8. The van der Waals surface area contributed by atoms with E-state index in [9.17, 15) is 24.3 Å². The predicted molar refractivity (Wildman–Crippen MR) is 331 cm³/mol. The fourth-order valence-corrected chi connectivity index (χ4v) is 14.1. The lowest BCUT2D eigenvalue weighted by atomic mass is 9.73. The molecule has 18 nitrogen and oxygen atoms in total. The summed E-state index contributed by atoms with van der Waals surface area (Å²) in [6, 6.07) is 37.3. The summed E-state index contributed by atoms with van der Waals surface area (Å²) in [6.45, 7) is 16.9. The van der Waals surface area contributed by atoms with Crippen LogP contribution in [0.15, 0.2) is 126 Å². The number of benzene rings is 4. The molecule has 2 amide bonds. The Labute approximate surface area is 513 Å². The second-order valence-electron chi connectivity index (χ2n) is 25.1. The first-order valence-electron chi connectivity index (χ1n) is 31.5. The van der Waals surface area contributed by atoms with Gasteiger partial charge >= 0.3 is 12.1 Å². The lowest BCUT2D eigenvalue weighted by molar-refractivity contribution is -0.296. The van der Waals surface area contributed by atoms with E-state index in [0.717, 1.165) is 84.3 Å². The number of amides is 2. The number of nitrogens with zero attached hydrogens (tertiary/aromatic N) is 6. The Morgan fingerprint density at radius 1 is 0.828 bits per heavy atom. The Hall–Kier alpha value is -6.67. The van der Waals surface area contributed by atoms with E-state index in [-0.39, 0.29) is 29.9 Å². The molecular formula is C69H91N7O11. The number of hydroxylamine groups is 1. The van der Waals surface area contributed by atoms with Gasteiger partial charge in [0.2, 0.25) is 5.91 Å². The minimum atomic E-state index is -1.19. The molecule has 18 heteroatoms. The van der Waals surface area contributed by atoms with Crippen molar-refractivity contribution in [2.45, 2.75) is 192 Å². The minimum absolute atomic E-state index is 0.150. The minimum Gasteiger partial charge on any atom is -0.458 e. The largest absolute Gasteiger partial charge is 0.458 e. The third kappa shape index (κ3) is 14.3. The molecule has 5 aromatic rings. The van der Waals surface area contributed by atoms with E-state index in [1.165, 1.54) is 0 Å². The molecule has 87 heavy (non-hydrogen) atoms. The first-order chi connectivity index (χ1) is 41.8. The topological polar surface area (TPSA) is 205 Å². The van der Waals surface area contributed by atoms with E-state index >= 15 is 0 Å². The number of likely N-dealkylation sites (N-methyl/N-ethyl adjacent to an activating group) is 1. The summed E-state index contributed by atoms with van der Waals surface area (Å²) in [5.74, 6) is -3.87. The standard InChI is InChI=1S/C69H91N7O11/c1-11-57-68(8)62-47(4)59(70-38-40-76(62)66(81)86-68)45(2)42-67(7,82-10)63(48(5)60(78)49(6)64(80)84-57)85-65-61(79)56(41-46(3)83-65)74(9)43-50-34-36-51(37-35-50)55-44-75(73-71-55)39-26-15-13-12-14-25-33-58(77)72-87-69(52-27-19-16-20-28-52,53-29-21-17-22-30-53)54-31-23-18-24-32-54/h16-24,27-32,34-37,44-49,56-57,61-63,65,79H,11-15,25-26,33,38-43H2,1-10H3,(H,72,77)/t45-,46-,47+,48+,49-,56+,57-,61-,62-,63-,65+,67-,68-/m1/s1. The van der Waals surface area contributed by atoms with E-state index in [1.54, 1.807) is 25.9 Å². The highest BCUT2D eigenvalue weighted by Crippen LogP contribution is 2.45. The van der Waals surface area contributed by atoms with Gasteiger partial charge in [0.1, 0.15) is 23.8 Å². The predicted octanol–water partition coefficient (Wildman–Crippen LogP) is 10.7. The van der Waals surface area contributed by atoms with Crippen LogP contribution in [0.3, 0.4) is 0 Å². The number of hydrogen-bond donors (Lipinski definition) is 2. The number of fused-ring (bicyclic) bond motifs is 1. The number of methoxy groups -OCH3 is 1. The fourth-order valence-electron chi connectivity index (χ4n) is 14.1. The van der Waals surface area contributed by atoms with Crippen LogP contribution in [0.5, 0.6) is 0 Å². The highest BCUT2D eigenvalue weighted by molar-refractivity contribution is 6.00. The number of Topliss-reactive ketones (excluding diaryl/α,β-unsaturated/α-hetero) is 1. The van der Waals surface area contributed by atoms with Crippen LogP contribution >= 0.6 is 0 Å². The number of unbranched alkanes of at least 4 members (excludes halogenated alkanes) is 5. The van der Waals surface area contributed by atoms with Gasteiger partial charge in [0.05, 0.1) is 36.6 Å². The highest BCUT2D eigenvalue weighted by atomic mass is 16.7. The van der Waals surface area contributed by atoms with Gasteiger partial charge in [0, 0.05) is 62.3 Å². The van der Waals surface area contributed by atoms with Gasteiger partial charge in [0.25, 0.3) is 0 Å². The quantitative estimate of drug-likeness (QED) is 0.0218. The summed E-state index contributed by atoms with van der Waals surface area (Å²) in [7, 11) is 3.56. The summed E-state index contributed by atoms with van der Waals surface area (Å²) < 4.78 is 34.0. The fraction of sp³-hybridized carbons (Fsp3) is 0.551. The Morgan fingerprint density at radius 3 is 2.05 bits per heavy atom. The van der Waals surface area contributed by atoms with Crippen molar-refractivity contribution in [3.63, 3.8) is 0 Å². The van der Waals surface area contributed by atoms with Crippen LogP contribution in [-0.2, 0) is 61.6 Å². The van der Waals surface area contributed by atoms with Gasteiger partial charge < -0.3 is 28.8 Å². The van der Waals surface area contributed by atoms with Crippen LogP contribution in [0, 0.1) is 23.7 Å². The van der Waals surface area contributed by atoms with Crippen LogP contribution in [-0.4, -0.2) is 141 Å². The molecule has 0 spiro atoms. The summed E-state index contributed by atoms with van der Waals surface area (Å²) >= 11 is 0. The molecule has 2 N–H and O–H groups in total. The number of carbonyl (C=O) groups excluding carboxylic acids is 4. The highest BCUT2D eigenvalue weighted by Gasteiger charge is 2.60. The maximum Gasteiger partial charge on any atom is 0.410 e. The number of aryl methyl sites for hydroxylation is 1. The number of carbonyl (C=O) groups is 4. The number of cyclic esters (lactones) is 1. The molecular weight excluding hydrogens is 1100 g/mol. The van der Waals surface area contributed by atoms with Gasteiger partial charge in [-0.25, -0.2) is 10.3 Å². The second-order valence-corrected chi connectivity index (χ2v) is 25.1. The van der Waals surface area contributed by atoms with Gasteiger partial charge in [-0.2, -0.15) is 0 Å². The molecule has 1 aromatic heterocycles. The van der Waals surface area contributed by atoms with Crippen molar-refractivity contribution in [2.24, 2.45) is 28.7 Å². The van der Waals surface area contributed by atoms with Crippen LogP contribution in [0.4, 0.5) is 4.79 Å². The molecule has 13 atom stereocenters. The van der Waals surface area contributed by atoms with E-state index in [0.29, 0.717) is 45.3 Å². The second kappa shape index (κ2) is 28.7. The molecule has 2 bridgehead atoms.